The molecule has 0 aliphatic rings. The van der Waals surface area contributed by atoms with E-state index in [1.807, 2.05) is 21.1 Å². The molecule has 0 fully saturated rings. The third-order valence-corrected chi connectivity index (χ3v) is 10.2. The van der Waals surface area contributed by atoms with Gasteiger partial charge in [0.25, 0.3) is 7.82 Å². The van der Waals surface area contributed by atoms with Gasteiger partial charge >= 0.3 is 11.9 Å². The maximum atomic E-state index is 12.6. The minimum atomic E-state index is -4.62. The van der Waals surface area contributed by atoms with Crippen molar-refractivity contribution in [2.45, 2.75) is 200 Å². The molecular weight excluding hydrogens is 677 g/mol. The van der Waals surface area contributed by atoms with Gasteiger partial charge in [-0.05, 0) is 38.5 Å². The van der Waals surface area contributed by atoms with E-state index in [9.17, 15) is 19.0 Å². The first kappa shape index (κ1) is 50.8. The Labute approximate surface area is 320 Å². The van der Waals surface area contributed by atoms with Crippen molar-refractivity contribution < 1.29 is 42.1 Å². The Kier molecular flexibility index (Phi) is 34.6. The van der Waals surface area contributed by atoms with E-state index < -0.39 is 32.5 Å². The molecule has 0 saturated heterocycles. The predicted molar refractivity (Wildman–Crippen MR) is 213 cm³/mol. The van der Waals surface area contributed by atoms with Gasteiger partial charge in [0.05, 0.1) is 27.7 Å². The van der Waals surface area contributed by atoms with Crippen LogP contribution in [0.5, 0.6) is 0 Å². The predicted octanol–water partition coefficient (Wildman–Crippen LogP) is 11.2. The van der Waals surface area contributed by atoms with E-state index in [-0.39, 0.29) is 26.1 Å². The fourth-order valence-electron chi connectivity index (χ4n) is 5.88. The smallest absolute Gasteiger partial charge is 0.306 e. The average Bonchev–Trinajstić information content (AvgIpc) is 3.09. The molecule has 0 saturated carbocycles. The molecule has 0 rings (SSSR count). The van der Waals surface area contributed by atoms with E-state index in [1.165, 1.54) is 116 Å². The highest BCUT2D eigenvalue weighted by atomic mass is 31.2. The summed E-state index contributed by atoms with van der Waals surface area (Å²) in [5, 5.41) is 0. The highest BCUT2D eigenvalue weighted by Gasteiger charge is 2.21. The molecule has 1 unspecified atom stereocenters. The zero-order chi connectivity index (χ0) is 38.6. The Morgan fingerprint density at radius 2 is 0.981 bits per heavy atom. The van der Waals surface area contributed by atoms with Gasteiger partial charge in [-0.1, -0.05) is 154 Å². The van der Waals surface area contributed by atoms with E-state index in [2.05, 4.69) is 26.0 Å². The second-order valence-electron chi connectivity index (χ2n) is 15.7. The summed E-state index contributed by atoms with van der Waals surface area (Å²) < 4.78 is 33.8. The number of quaternary nitrogens is 1. The summed E-state index contributed by atoms with van der Waals surface area (Å²) in [6, 6.07) is 0. The van der Waals surface area contributed by atoms with Crippen LogP contribution in [-0.2, 0) is 32.7 Å². The van der Waals surface area contributed by atoms with Gasteiger partial charge in [0.15, 0.2) is 6.10 Å². The van der Waals surface area contributed by atoms with Crippen LogP contribution in [0, 0.1) is 0 Å². The van der Waals surface area contributed by atoms with Gasteiger partial charge < -0.3 is 27.9 Å². The number of phosphoric acid groups is 1. The third kappa shape index (κ3) is 38.5. The topological polar surface area (TPSA) is 111 Å². The number of hydrogen-bond donors (Lipinski definition) is 0. The maximum absolute atomic E-state index is 12.6. The molecule has 0 aromatic rings. The van der Waals surface area contributed by atoms with Gasteiger partial charge in [0.2, 0.25) is 0 Å². The third-order valence-electron chi connectivity index (χ3n) is 9.29. The Hall–Kier alpha value is -1.25. The molecule has 0 spiro atoms. The fourth-order valence-corrected chi connectivity index (χ4v) is 6.61. The molecule has 2 atom stereocenters. The van der Waals surface area contributed by atoms with Gasteiger partial charge in [-0.3, -0.25) is 14.2 Å². The summed E-state index contributed by atoms with van der Waals surface area (Å²) in [5.74, 6) is -0.845. The van der Waals surface area contributed by atoms with Gasteiger partial charge in [0.1, 0.15) is 19.8 Å². The summed E-state index contributed by atoms with van der Waals surface area (Å²) in [7, 11) is 1.17. The van der Waals surface area contributed by atoms with Gasteiger partial charge in [-0.25, -0.2) is 0 Å². The van der Waals surface area contributed by atoms with Crippen molar-refractivity contribution >= 4 is 19.8 Å². The van der Waals surface area contributed by atoms with Gasteiger partial charge in [-0.15, -0.1) is 0 Å². The number of ether oxygens (including phenoxy) is 2. The normalized spacial score (nSPS) is 13.7. The molecule has 0 radical (unpaired) electrons. The lowest BCUT2D eigenvalue weighted by Crippen LogP contribution is -2.37. The second-order valence-corrected chi connectivity index (χ2v) is 17.1. The standard InChI is InChI=1S/C42H82NO8P/c1-6-8-10-12-14-16-18-20-21-23-24-26-28-30-32-34-41(44)48-38-40(39-50-52(46,47)49-37-36-43(3,4)5)51-42(45)35-33-31-29-27-25-22-19-17-15-13-11-9-7-2/h23-24,40H,6-22,25-39H2,1-5H3/b24-23+/t40-/m1/s1. The van der Waals surface area contributed by atoms with E-state index in [1.54, 1.807) is 0 Å². The first-order valence-corrected chi connectivity index (χ1v) is 22.9. The molecule has 10 heteroatoms. The highest BCUT2D eigenvalue weighted by Crippen LogP contribution is 2.38. The maximum Gasteiger partial charge on any atom is 0.306 e. The minimum absolute atomic E-state index is 0.0299. The lowest BCUT2D eigenvalue weighted by atomic mass is 10.0. The quantitative estimate of drug-likeness (QED) is 0.0200. The van der Waals surface area contributed by atoms with Crippen LogP contribution in [0.2, 0.25) is 0 Å². The molecular formula is C42H82NO8P. The molecule has 0 aliphatic carbocycles. The number of hydrogen-bond acceptors (Lipinski definition) is 8. The number of carbonyl (C=O) groups excluding carboxylic acids is 2. The first-order chi connectivity index (χ1) is 25.0. The Balaban J connectivity index is 4.38. The van der Waals surface area contributed by atoms with Crippen LogP contribution in [0.1, 0.15) is 194 Å². The van der Waals surface area contributed by atoms with E-state index >= 15 is 0 Å². The number of likely N-dealkylation sites (N-methyl/N-ethyl adjacent to an activating group) is 1. The number of carbonyl (C=O) groups is 2. The molecule has 0 heterocycles. The molecule has 308 valence electrons. The second kappa shape index (κ2) is 35.5. The van der Waals surface area contributed by atoms with Crippen molar-refractivity contribution in [3.8, 4) is 0 Å². The van der Waals surface area contributed by atoms with Crippen molar-refractivity contribution in [1.29, 1.82) is 0 Å². The molecule has 0 aromatic heterocycles. The van der Waals surface area contributed by atoms with Gasteiger partial charge in [0, 0.05) is 12.8 Å². The van der Waals surface area contributed by atoms with Crippen LogP contribution in [0.15, 0.2) is 12.2 Å². The van der Waals surface area contributed by atoms with Crippen LogP contribution < -0.4 is 4.89 Å². The Morgan fingerprint density at radius 1 is 0.577 bits per heavy atom. The average molecular weight is 760 g/mol. The first-order valence-electron chi connectivity index (χ1n) is 21.4. The zero-order valence-corrected chi connectivity index (χ0v) is 35.4. The summed E-state index contributed by atoms with van der Waals surface area (Å²) in [6.07, 6.45) is 35.2. The molecule has 0 aromatic carbocycles. The lowest BCUT2D eigenvalue weighted by molar-refractivity contribution is -0.870. The number of phosphoric ester groups is 1. The van der Waals surface area contributed by atoms with Crippen molar-refractivity contribution in [2.24, 2.45) is 0 Å². The van der Waals surface area contributed by atoms with E-state index in [4.69, 9.17) is 18.5 Å². The molecule has 0 aliphatic heterocycles. The van der Waals surface area contributed by atoms with Gasteiger partial charge in [-0.2, -0.15) is 0 Å². The van der Waals surface area contributed by atoms with E-state index in [0.29, 0.717) is 23.9 Å². The summed E-state index contributed by atoms with van der Waals surface area (Å²) in [4.78, 5) is 37.4. The van der Waals surface area contributed by atoms with Crippen molar-refractivity contribution in [1.82, 2.24) is 0 Å². The monoisotopic (exact) mass is 760 g/mol. The molecule has 9 nitrogen and oxygen atoms in total. The Morgan fingerprint density at radius 3 is 1.44 bits per heavy atom. The highest BCUT2D eigenvalue weighted by molar-refractivity contribution is 7.45. The summed E-state index contributed by atoms with van der Waals surface area (Å²) in [6.45, 7) is 4.22. The largest absolute Gasteiger partial charge is 0.756 e. The molecule has 0 bridgehead atoms. The number of esters is 2. The fraction of sp³-hybridized carbons (Fsp3) is 0.905. The van der Waals surface area contributed by atoms with Crippen LogP contribution in [0.4, 0.5) is 0 Å². The van der Waals surface area contributed by atoms with Crippen molar-refractivity contribution in [3.63, 3.8) is 0 Å². The lowest BCUT2D eigenvalue weighted by Gasteiger charge is -2.28. The minimum Gasteiger partial charge on any atom is -0.756 e. The number of allylic oxidation sites excluding steroid dienone is 2. The Bertz CT molecular complexity index is 907. The summed E-state index contributed by atoms with van der Waals surface area (Å²) >= 11 is 0. The number of nitrogens with zero attached hydrogens (tertiary/aromatic N) is 1. The summed E-state index contributed by atoms with van der Waals surface area (Å²) in [5.41, 5.74) is 0. The number of rotatable bonds is 39. The molecule has 0 amide bonds. The molecule has 52 heavy (non-hydrogen) atoms. The molecule has 0 N–H and O–H groups in total. The SMILES string of the molecule is CCCCCCCCCC/C=C/CCCCCC(=O)OC[C@H](COP(=O)([O-])OCC[N+](C)(C)C)OC(=O)CCCCCCCCCCCCCCC. The van der Waals surface area contributed by atoms with Crippen molar-refractivity contribution in [2.75, 3.05) is 47.5 Å². The van der Waals surface area contributed by atoms with Crippen molar-refractivity contribution in [3.05, 3.63) is 12.2 Å². The van der Waals surface area contributed by atoms with Crippen LogP contribution in [-0.4, -0.2) is 70.0 Å². The van der Waals surface area contributed by atoms with E-state index in [0.717, 1.165) is 38.5 Å². The zero-order valence-electron chi connectivity index (χ0n) is 34.5. The van der Waals surface area contributed by atoms with Crippen LogP contribution in [0.25, 0.3) is 0 Å². The van der Waals surface area contributed by atoms with Crippen LogP contribution >= 0.6 is 7.82 Å². The van der Waals surface area contributed by atoms with Crippen LogP contribution in [0.3, 0.4) is 0 Å². The number of unbranched alkanes of at least 4 members (excludes halogenated alkanes) is 23.